The average molecular weight is 376 g/mol. The molecule has 0 bridgehead atoms. The maximum Gasteiger partial charge on any atom is 0.170 e. The molecular formula is C21H23F3N2O. The summed E-state index contributed by atoms with van der Waals surface area (Å²) < 4.78 is 41.9. The number of ketones is 1. The third-order valence-corrected chi connectivity index (χ3v) is 5.26. The lowest BCUT2D eigenvalue weighted by atomic mass is 9.99. The van der Waals surface area contributed by atoms with E-state index in [9.17, 15) is 13.6 Å². The first-order valence-electron chi connectivity index (χ1n) is 9.04. The summed E-state index contributed by atoms with van der Waals surface area (Å²) in [4.78, 5) is 16.5. The van der Waals surface area contributed by atoms with Crippen LogP contribution in [0.3, 0.4) is 0 Å². The van der Waals surface area contributed by atoms with Crippen LogP contribution in [0.1, 0.15) is 28.8 Å². The molecule has 0 spiro atoms. The van der Waals surface area contributed by atoms with Crippen LogP contribution in [-0.4, -0.2) is 43.9 Å². The summed E-state index contributed by atoms with van der Waals surface area (Å²) in [6, 6.07) is 7.94. The highest BCUT2D eigenvalue weighted by Gasteiger charge is 2.24. The van der Waals surface area contributed by atoms with Crippen LogP contribution in [0, 0.1) is 17.5 Å². The number of hydrogen-bond donors (Lipinski definition) is 0. The van der Waals surface area contributed by atoms with Gasteiger partial charge in [-0.15, -0.1) is 0 Å². The first-order chi connectivity index (χ1) is 12.9. The summed E-state index contributed by atoms with van der Waals surface area (Å²) in [5, 5.41) is 0. The molecule has 144 valence electrons. The molecule has 1 aliphatic rings. The van der Waals surface area contributed by atoms with E-state index in [0.717, 1.165) is 38.1 Å². The molecule has 3 nitrogen and oxygen atoms in total. The van der Waals surface area contributed by atoms with Crippen molar-refractivity contribution in [2.45, 2.75) is 25.3 Å². The monoisotopic (exact) mass is 376 g/mol. The predicted octanol–water partition coefficient (Wildman–Crippen LogP) is 4.06. The SMILES string of the molecule is CN1CCC(N(C)c2cccc(CC(=O)c3ccc(F)cc3F)c2F)CC1. The largest absolute Gasteiger partial charge is 0.369 e. The quantitative estimate of drug-likeness (QED) is 0.736. The van der Waals surface area contributed by atoms with Crippen molar-refractivity contribution < 1.29 is 18.0 Å². The maximum absolute atomic E-state index is 15.0. The van der Waals surface area contributed by atoms with E-state index in [1.54, 1.807) is 12.1 Å². The lowest BCUT2D eigenvalue weighted by molar-refractivity contribution is 0.0988. The van der Waals surface area contributed by atoms with Gasteiger partial charge in [0.2, 0.25) is 0 Å². The van der Waals surface area contributed by atoms with E-state index < -0.39 is 23.2 Å². The zero-order valence-electron chi connectivity index (χ0n) is 15.5. The summed E-state index contributed by atoms with van der Waals surface area (Å²) >= 11 is 0. The number of Topliss-reactive ketones (excluding diaryl/α,β-unsaturated/α-hetero) is 1. The van der Waals surface area contributed by atoms with Gasteiger partial charge in [0.25, 0.3) is 0 Å². The van der Waals surface area contributed by atoms with Gasteiger partial charge < -0.3 is 9.80 Å². The molecule has 0 radical (unpaired) electrons. The van der Waals surface area contributed by atoms with Crippen molar-refractivity contribution in [3.63, 3.8) is 0 Å². The Morgan fingerprint density at radius 1 is 1.15 bits per heavy atom. The number of piperidine rings is 1. The van der Waals surface area contributed by atoms with Gasteiger partial charge in [-0.2, -0.15) is 0 Å². The lowest BCUT2D eigenvalue weighted by Gasteiger charge is -2.36. The Morgan fingerprint density at radius 2 is 1.85 bits per heavy atom. The number of carbonyl (C=O) groups is 1. The van der Waals surface area contributed by atoms with Gasteiger partial charge in [-0.25, -0.2) is 13.2 Å². The van der Waals surface area contributed by atoms with E-state index in [1.807, 2.05) is 11.9 Å². The molecule has 1 fully saturated rings. The predicted molar refractivity (Wildman–Crippen MR) is 99.7 cm³/mol. The summed E-state index contributed by atoms with van der Waals surface area (Å²) in [5.41, 5.74) is 0.417. The molecule has 0 aromatic heterocycles. The number of halogens is 3. The molecule has 2 aromatic rings. The minimum Gasteiger partial charge on any atom is -0.369 e. The highest BCUT2D eigenvalue weighted by atomic mass is 19.1. The number of rotatable bonds is 5. The topological polar surface area (TPSA) is 23.6 Å². The molecular weight excluding hydrogens is 353 g/mol. The van der Waals surface area contributed by atoms with Crippen molar-refractivity contribution in [1.82, 2.24) is 4.90 Å². The Kier molecular flexibility index (Phi) is 5.85. The van der Waals surface area contributed by atoms with Gasteiger partial charge >= 0.3 is 0 Å². The Hall–Kier alpha value is -2.34. The standard InChI is InChI=1S/C21H23F3N2O/c1-25-10-8-16(9-11-25)26(2)19-5-3-4-14(21(19)24)12-20(27)17-7-6-15(22)13-18(17)23/h3-7,13,16H,8-12H2,1-2H3. The van der Waals surface area contributed by atoms with Gasteiger partial charge in [-0.05, 0) is 56.7 Å². The van der Waals surface area contributed by atoms with Crippen molar-refractivity contribution in [2.75, 3.05) is 32.1 Å². The molecule has 1 saturated heterocycles. The Labute approximate surface area is 157 Å². The van der Waals surface area contributed by atoms with Gasteiger partial charge in [0, 0.05) is 25.6 Å². The number of hydrogen-bond acceptors (Lipinski definition) is 3. The van der Waals surface area contributed by atoms with E-state index in [-0.39, 0.29) is 23.6 Å². The first-order valence-corrected chi connectivity index (χ1v) is 9.04. The van der Waals surface area contributed by atoms with Crippen LogP contribution < -0.4 is 4.90 Å². The third-order valence-electron chi connectivity index (χ3n) is 5.26. The van der Waals surface area contributed by atoms with Gasteiger partial charge in [0.05, 0.1) is 11.3 Å². The molecule has 27 heavy (non-hydrogen) atoms. The van der Waals surface area contributed by atoms with Crippen LogP contribution in [0.2, 0.25) is 0 Å². The minimum atomic E-state index is -0.931. The van der Waals surface area contributed by atoms with Crippen LogP contribution in [0.25, 0.3) is 0 Å². The van der Waals surface area contributed by atoms with Crippen molar-refractivity contribution in [2.24, 2.45) is 0 Å². The molecule has 0 unspecified atom stereocenters. The fraction of sp³-hybridized carbons (Fsp3) is 0.381. The Balaban J connectivity index is 1.79. The zero-order chi connectivity index (χ0) is 19.6. The summed E-state index contributed by atoms with van der Waals surface area (Å²) in [7, 11) is 3.93. The highest BCUT2D eigenvalue weighted by Crippen LogP contribution is 2.27. The smallest absolute Gasteiger partial charge is 0.170 e. The number of anilines is 1. The molecule has 6 heteroatoms. The fourth-order valence-electron chi connectivity index (χ4n) is 3.54. The lowest BCUT2D eigenvalue weighted by Crippen LogP contribution is -2.42. The Bertz CT molecular complexity index is 832. The van der Waals surface area contributed by atoms with Crippen molar-refractivity contribution in [1.29, 1.82) is 0 Å². The van der Waals surface area contributed by atoms with E-state index in [0.29, 0.717) is 11.8 Å². The van der Waals surface area contributed by atoms with Gasteiger partial charge in [-0.3, -0.25) is 4.79 Å². The Morgan fingerprint density at radius 3 is 2.52 bits per heavy atom. The van der Waals surface area contributed by atoms with E-state index >= 15 is 4.39 Å². The minimum absolute atomic E-state index is 0.209. The molecule has 3 rings (SSSR count). The highest BCUT2D eigenvalue weighted by molar-refractivity contribution is 5.97. The molecule has 0 amide bonds. The van der Waals surface area contributed by atoms with Crippen LogP contribution in [0.4, 0.5) is 18.9 Å². The molecule has 0 saturated carbocycles. The van der Waals surface area contributed by atoms with E-state index in [4.69, 9.17) is 0 Å². The van der Waals surface area contributed by atoms with Crippen LogP contribution in [0.15, 0.2) is 36.4 Å². The van der Waals surface area contributed by atoms with E-state index in [1.165, 1.54) is 6.07 Å². The first kappa shape index (κ1) is 19.4. The second kappa shape index (κ2) is 8.13. The van der Waals surface area contributed by atoms with Crippen molar-refractivity contribution in [3.05, 3.63) is 65.0 Å². The van der Waals surface area contributed by atoms with Crippen LogP contribution in [-0.2, 0) is 6.42 Å². The van der Waals surface area contributed by atoms with Gasteiger partial charge in [-0.1, -0.05) is 12.1 Å². The summed E-state index contributed by atoms with van der Waals surface area (Å²) in [6.07, 6.45) is 1.61. The van der Waals surface area contributed by atoms with Gasteiger partial charge in [0.1, 0.15) is 17.5 Å². The summed E-state index contributed by atoms with van der Waals surface area (Å²) in [5.74, 6) is -2.72. The maximum atomic E-state index is 15.0. The number of likely N-dealkylation sites (tertiary alicyclic amines) is 1. The molecule has 0 aliphatic carbocycles. The van der Waals surface area contributed by atoms with Crippen molar-refractivity contribution in [3.8, 4) is 0 Å². The molecule has 0 atom stereocenters. The van der Waals surface area contributed by atoms with Crippen molar-refractivity contribution >= 4 is 11.5 Å². The molecule has 2 aromatic carbocycles. The van der Waals surface area contributed by atoms with Crippen LogP contribution >= 0.6 is 0 Å². The van der Waals surface area contributed by atoms with Gasteiger partial charge in [0.15, 0.2) is 5.78 Å². The second-order valence-corrected chi connectivity index (χ2v) is 7.12. The molecule has 0 N–H and O–H groups in total. The normalized spacial score (nSPS) is 15.7. The fourth-order valence-corrected chi connectivity index (χ4v) is 3.54. The molecule has 1 heterocycles. The average Bonchev–Trinajstić information content (AvgIpc) is 2.63. The second-order valence-electron chi connectivity index (χ2n) is 7.12. The van der Waals surface area contributed by atoms with Crippen LogP contribution in [0.5, 0.6) is 0 Å². The number of carbonyl (C=O) groups excluding carboxylic acids is 1. The van der Waals surface area contributed by atoms with E-state index in [2.05, 4.69) is 11.9 Å². The number of benzene rings is 2. The molecule has 1 aliphatic heterocycles. The zero-order valence-corrected chi connectivity index (χ0v) is 15.5. The summed E-state index contributed by atoms with van der Waals surface area (Å²) in [6.45, 7) is 1.91. The third kappa shape index (κ3) is 4.33. The number of nitrogens with zero attached hydrogens (tertiary/aromatic N) is 2.